The lowest BCUT2D eigenvalue weighted by Gasteiger charge is -2.36. The second-order valence-electron chi connectivity index (χ2n) is 5.10. The molecule has 1 amide bonds. The molecule has 1 aliphatic rings. The Kier molecular flexibility index (Phi) is 4.16. The van der Waals surface area contributed by atoms with Crippen LogP contribution in [0.3, 0.4) is 0 Å². The van der Waals surface area contributed by atoms with Gasteiger partial charge in [-0.25, -0.2) is 0 Å². The molecule has 0 atom stereocenters. The molecule has 0 spiro atoms. The van der Waals surface area contributed by atoms with Gasteiger partial charge < -0.3 is 19.9 Å². The lowest BCUT2D eigenvalue weighted by atomic mass is 10.1. The van der Waals surface area contributed by atoms with Crippen molar-refractivity contribution < 1.29 is 9.72 Å². The average molecular weight is 278 g/mol. The smallest absolute Gasteiger partial charge is 0.363 e. The minimum atomic E-state index is -0.511. The minimum Gasteiger partial charge on any atom is -0.365 e. The van der Waals surface area contributed by atoms with E-state index in [0.29, 0.717) is 13.1 Å². The highest BCUT2D eigenvalue weighted by atomic mass is 16.6. The van der Waals surface area contributed by atoms with Gasteiger partial charge in [0.15, 0.2) is 6.20 Å². The van der Waals surface area contributed by atoms with Gasteiger partial charge in [-0.05, 0) is 16.0 Å². The highest BCUT2D eigenvalue weighted by molar-refractivity contribution is 5.78. The van der Waals surface area contributed by atoms with Gasteiger partial charge in [0.2, 0.25) is 5.91 Å². The highest BCUT2D eigenvalue weighted by Gasteiger charge is 2.23. The summed E-state index contributed by atoms with van der Waals surface area (Å²) in [7, 11) is 0. The van der Waals surface area contributed by atoms with Crippen LogP contribution in [0.2, 0.25) is 0 Å². The predicted octanol–water partition coefficient (Wildman–Crippen LogP) is 1.29. The number of carbonyl (C=O) groups is 1. The Morgan fingerprint density at radius 1 is 1.30 bits per heavy atom. The van der Waals surface area contributed by atoms with Crippen LogP contribution in [0, 0.1) is 16.0 Å². The van der Waals surface area contributed by atoms with Crippen LogP contribution < -0.4 is 4.90 Å². The van der Waals surface area contributed by atoms with Gasteiger partial charge in [-0.2, -0.15) is 0 Å². The van der Waals surface area contributed by atoms with Gasteiger partial charge in [0.1, 0.15) is 0 Å². The Hall–Kier alpha value is -2.18. The Labute approximate surface area is 117 Å². The molecule has 7 heteroatoms. The van der Waals surface area contributed by atoms with Crippen LogP contribution in [0.5, 0.6) is 0 Å². The number of piperazine rings is 1. The zero-order valence-corrected chi connectivity index (χ0v) is 11.7. The topological polar surface area (TPSA) is 79.6 Å². The first-order chi connectivity index (χ1) is 9.49. The van der Waals surface area contributed by atoms with Crippen LogP contribution in [0.25, 0.3) is 0 Å². The van der Waals surface area contributed by atoms with Crippen LogP contribution >= 0.6 is 0 Å². The number of pyridine rings is 1. The number of carbonyl (C=O) groups excluding carboxylic acids is 1. The summed E-state index contributed by atoms with van der Waals surface area (Å²) in [5.41, 5.74) is 0.854. The molecule has 0 radical (unpaired) electrons. The summed E-state index contributed by atoms with van der Waals surface area (Å²) in [6.45, 7) is 6.59. The predicted molar refractivity (Wildman–Crippen MR) is 74.5 cm³/mol. The van der Waals surface area contributed by atoms with E-state index in [0.717, 1.165) is 18.8 Å². The van der Waals surface area contributed by atoms with Crippen molar-refractivity contribution in [1.82, 2.24) is 9.88 Å². The second kappa shape index (κ2) is 5.85. The lowest BCUT2D eigenvalue weighted by Crippen LogP contribution is -2.49. The Bertz CT molecular complexity index is 493. The van der Waals surface area contributed by atoms with E-state index in [4.69, 9.17) is 0 Å². The number of hydrogen-bond acceptors (Lipinski definition) is 5. The standard InChI is InChI=1S/C13H18N4O3/c1-10(2)13(18)16-7-5-15(6-8-16)11-3-4-12(14-9-11)17(19)20/h3-4,9-10H,5-8H2,1-2H3. The van der Waals surface area contributed by atoms with Crippen LogP contribution in [0.1, 0.15) is 13.8 Å². The Balaban J connectivity index is 1.97. The first-order valence-corrected chi connectivity index (χ1v) is 6.63. The molecule has 1 saturated heterocycles. The third kappa shape index (κ3) is 3.04. The molecule has 7 nitrogen and oxygen atoms in total. The lowest BCUT2D eigenvalue weighted by molar-refractivity contribution is -0.389. The van der Waals surface area contributed by atoms with Gasteiger partial charge in [0, 0.05) is 38.2 Å². The van der Waals surface area contributed by atoms with Crippen molar-refractivity contribution in [2.24, 2.45) is 5.92 Å². The van der Waals surface area contributed by atoms with E-state index in [9.17, 15) is 14.9 Å². The van der Waals surface area contributed by atoms with E-state index in [1.807, 2.05) is 18.7 Å². The van der Waals surface area contributed by atoms with Crippen LogP contribution in [-0.4, -0.2) is 46.9 Å². The van der Waals surface area contributed by atoms with Crippen LogP contribution in [0.15, 0.2) is 18.3 Å². The van der Waals surface area contributed by atoms with Gasteiger partial charge in [-0.15, -0.1) is 0 Å². The maximum atomic E-state index is 11.9. The average Bonchev–Trinajstić information content (AvgIpc) is 2.46. The molecule has 1 aliphatic heterocycles. The summed E-state index contributed by atoms with van der Waals surface area (Å²) in [6.07, 6.45) is 1.51. The van der Waals surface area contributed by atoms with Crippen molar-refractivity contribution in [2.75, 3.05) is 31.1 Å². The van der Waals surface area contributed by atoms with E-state index in [1.54, 1.807) is 6.07 Å². The SMILES string of the molecule is CC(C)C(=O)N1CCN(c2ccc([N+](=O)[O-])nc2)CC1. The molecule has 2 heterocycles. The maximum absolute atomic E-state index is 11.9. The Morgan fingerprint density at radius 2 is 1.95 bits per heavy atom. The van der Waals surface area contributed by atoms with Gasteiger partial charge in [-0.3, -0.25) is 4.79 Å². The fraction of sp³-hybridized carbons (Fsp3) is 0.538. The van der Waals surface area contributed by atoms with Crippen molar-refractivity contribution >= 4 is 17.4 Å². The molecule has 108 valence electrons. The summed E-state index contributed by atoms with van der Waals surface area (Å²) in [5, 5.41) is 10.6. The van der Waals surface area contributed by atoms with Crippen molar-refractivity contribution in [1.29, 1.82) is 0 Å². The van der Waals surface area contributed by atoms with Crippen molar-refractivity contribution in [3.8, 4) is 0 Å². The van der Waals surface area contributed by atoms with Crippen molar-refractivity contribution in [3.63, 3.8) is 0 Å². The number of rotatable bonds is 3. The third-order valence-corrected chi connectivity index (χ3v) is 3.37. The molecule has 0 aromatic carbocycles. The summed E-state index contributed by atoms with van der Waals surface area (Å²) in [6, 6.07) is 3.10. The minimum absolute atomic E-state index is 0.0163. The monoisotopic (exact) mass is 278 g/mol. The molecule has 1 aromatic rings. The maximum Gasteiger partial charge on any atom is 0.363 e. The third-order valence-electron chi connectivity index (χ3n) is 3.37. The molecular formula is C13H18N4O3. The van der Waals surface area contributed by atoms with E-state index < -0.39 is 4.92 Å². The molecule has 1 fully saturated rings. The van der Waals surface area contributed by atoms with E-state index >= 15 is 0 Å². The van der Waals surface area contributed by atoms with E-state index in [1.165, 1.54) is 12.3 Å². The number of hydrogen-bond donors (Lipinski definition) is 0. The molecule has 0 N–H and O–H groups in total. The van der Waals surface area contributed by atoms with E-state index in [-0.39, 0.29) is 17.6 Å². The van der Waals surface area contributed by atoms with Gasteiger partial charge in [0.25, 0.3) is 0 Å². The van der Waals surface area contributed by atoms with Crippen LogP contribution in [0.4, 0.5) is 11.5 Å². The summed E-state index contributed by atoms with van der Waals surface area (Å²) in [5.74, 6) is 0.0384. The summed E-state index contributed by atoms with van der Waals surface area (Å²) < 4.78 is 0. The molecule has 1 aromatic heterocycles. The van der Waals surface area contributed by atoms with Gasteiger partial charge in [-0.1, -0.05) is 13.8 Å². The first kappa shape index (κ1) is 14.2. The largest absolute Gasteiger partial charge is 0.365 e. The number of nitrogens with zero attached hydrogens (tertiary/aromatic N) is 4. The molecule has 0 unspecified atom stereocenters. The van der Waals surface area contributed by atoms with Crippen LogP contribution in [-0.2, 0) is 4.79 Å². The fourth-order valence-corrected chi connectivity index (χ4v) is 2.22. The quantitative estimate of drug-likeness (QED) is 0.615. The molecule has 0 bridgehead atoms. The molecular weight excluding hydrogens is 260 g/mol. The normalized spacial score (nSPS) is 15.6. The number of amides is 1. The van der Waals surface area contributed by atoms with Crippen molar-refractivity contribution in [3.05, 3.63) is 28.4 Å². The fourth-order valence-electron chi connectivity index (χ4n) is 2.22. The van der Waals surface area contributed by atoms with Gasteiger partial charge >= 0.3 is 5.82 Å². The Morgan fingerprint density at radius 3 is 2.40 bits per heavy atom. The zero-order valence-electron chi connectivity index (χ0n) is 11.7. The molecule has 2 rings (SSSR count). The van der Waals surface area contributed by atoms with Gasteiger partial charge in [0.05, 0.1) is 5.69 Å². The molecule has 0 aliphatic carbocycles. The zero-order chi connectivity index (χ0) is 14.7. The highest BCUT2D eigenvalue weighted by Crippen LogP contribution is 2.18. The summed E-state index contributed by atoms with van der Waals surface area (Å²) >= 11 is 0. The van der Waals surface area contributed by atoms with E-state index in [2.05, 4.69) is 9.88 Å². The number of anilines is 1. The summed E-state index contributed by atoms with van der Waals surface area (Å²) in [4.78, 5) is 29.7. The molecule has 20 heavy (non-hydrogen) atoms. The number of nitro groups is 1. The first-order valence-electron chi connectivity index (χ1n) is 6.63. The van der Waals surface area contributed by atoms with Crippen molar-refractivity contribution in [2.45, 2.75) is 13.8 Å². The molecule has 0 saturated carbocycles. The second-order valence-corrected chi connectivity index (χ2v) is 5.10. The number of aromatic nitrogens is 1.